The van der Waals surface area contributed by atoms with Crippen molar-refractivity contribution in [2.75, 3.05) is 12.4 Å². The van der Waals surface area contributed by atoms with E-state index < -0.39 is 5.97 Å². The summed E-state index contributed by atoms with van der Waals surface area (Å²) >= 11 is 0. The minimum absolute atomic E-state index is 0.197. The van der Waals surface area contributed by atoms with Crippen LogP contribution in [0.3, 0.4) is 0 Å². The van der Waals surface area contributed by atoms with Crippen LogP contribution in [-0.2, 0) is 4.79 Å². The summed E-state index contributed by atoms with van der Waals surface area (Å²) in [5.41, 5.74) is 2.26. The van der Waals surface area contributed by atoms with Crippen LogP contribution in [0.4, 0.5) is 5.69 Å². The lowest BCUT2D eigenvalue weighted by Crippen LogP contribution is -2.35. The number of hydrogen-bond donors (Lipinski definition) is 3. The molecule has 0 fully saturated rings. The summed E-state index contributed by atoms with van der Waals surface area (Å²) in [5, 5.41) is 14.6. The summed E-state index contributed by atoms with van der Waals surface area (Å²) in [6, 6.07) is 2.91. The molecule has 3 N–H and O–H groups in total. The molecule has 1 atom stereocenters. The van der Waals surface area contributed by atoms with Gasteiger partial charge in [-0.2, -0.15) is 0 Å². The molecule has 98 valence electrons. The maximum atomic E-state index is 11.7. The molecule has 0 radical (unpaired) electrons. The van der Waals surface area contributed by atoms with Gasteiger partial charge in [0, 0.05) is 5.69 Å². The molecular weight excluding hydrogens is 232 g/mol. The van der Waals surface area contributed by atoms with Crippen molar-refractivity contribution in [3.8, 4) is 0 Å². The molecule has 1 aromatic rings. The summed E-state index contributed by atoms with van der Waals surface area (Å²) < 4.78 is 0. The predicted octanol–water partition coefficient (Wildman–Crippen LogP) is 1.55. The van der Waals surface area contributed by atoms with Crippen LogP contribution in [0.5, 0.6) is 0 Å². The number of carboxylic acids is 1. The summed E-state index contributed by atoms with van der Waals surface area (Å²) in [6.07, 6.45) is 0. The number of likely N-dealkylation sites (N-methyl/N-ethyl adjacent to an activating group) is 1. The Morgan fingerprint density at radius 2 is 1.89 bits per heavy atom. The molecule has 0 aromatic heterocycles. The topological polar surface area (TPSA) is 78.4 Å². The van der Waals surface area contributed by atoms with E-state index in [1.165, 1.54) is 6.07 Å². The fourth-order valence-corrected chi connectivity index (χ4v) is 1.54. The first kappa shape index (κ1) is 14.2. The van der Waals surface area contributed by atoms with Crippen LogP contribution in [0.25, 0.3) is 0 Å². The number of carbonyl (C=O) groups is 2. The lowest BCUT2D eigenvalue weighted by atomic mass is 10.0. The zero-order valence-electron chi connectivity index (χ0n) is 11.0. The quantitative estimate of drug-likeness (QED) is 0.757. The zero-order chi connectivity index (χ0) is 13.9. The molecule has 0 bridgehead atoms. The van der Waals surface area contributed by atoms with Crippen molar-refractivity contribution in [3.63, 3.8) is 0 Å². The SMILES string of the molecule is CNC(C)C(=O)Nc1cc(C)c(C)c(C(=O)O)c1. The van der Waals surface area contributed by atoms with E-state index in [2.05, 4.69) is 10.6 Å². The van der Waals surface area contributed by atoms with Crippen LogP contribution in [-0.4, -0.2) is 30.1 Å². The standard InChI is InChI=1S/C13H18N2O3/c1-7-5-10(15-12(16)9(3)14-4)6-11(8(7)2)13(17)18/h5-6,9,14H,1-4H3,(H,15,16)(H,17,18). The van der Waals surface area contributed by atoms with Gasteiger partial charge in [-0.15, -0.1) is 0 Å². The monoisotopic (exact) mass is 250 g/mol. The van der Waals surface area contributed by atoms with Crippen molar-refractivity contribution in [1.29, 1.82) is 0 Å². The molecular formula is C13H18N2O3. The van der Waals surface area contributed by atoms with E-state index in [1.54, 1.807) is 27.0 Å². The lowest BCUT2D eigenvalue weighted by Gasteiger charge is -2.13. The van der Waals surface area contributed by atoms with Crippen LogP contribution >= 0.6 is 0 Å². The van der Waals surface area contributed by atoms with Crippen molar-refractivity contribution in [2.24, 2.45) is 0 Å². The second kappa shape index (κ2) is 5.64. The number of aromatic carboxylic acids is 1. The van der Waals surface area contributed by atoms with Crippen molar-refractivity contribution >= 4 is 17.6 Å². The average molecular weight is 250 g/mol. The van der Waals surface area contributed by atoms with Crippen LogP contribution in [0.2, 0.25) is 0 Å². The normalized spacial score (nSPS) is 12.0. The number of anilines is 1. The van der Waals surface area contributed by atoms with Crippen molar-refractivity contribution < 1.29 is 14.7 Å². The van der Waals surface area contributed by atoms with Crippen LogP contribution in [0.15, 0.2) is 12.1 Å². The van der Waals surface area contributed by atoms with Gasteiger partial charge in [0.1, 0.15) is 0 Å². The molecule has 5 nitrogen and oxygen atoms in total. The van der Waals surface area contributed by atoms with Gasteiger partial charge in [0.2, 0.25) is 5.91 Å². The second-order valence-corrected chi connectivity index (χ2v) is 4.27. The third-order valence-electron chi connectivity index (χ3n) is 2.99. The third kappa shape index (κ3) is 3.07. The first-order valence-corrected chi connectivity index (χ1v) is 5.69. The molecule has 0 aliphatic heterocycles. The Kier molecular flexibility index (Phi) is 4.44. The van der Waals surface area contributed by atoms with Crippen LogP contribution in [0.1, 0.15) is 28.4 Å². The Morgan fingerprint density at radius 1 is 1.28 bits per heavy atom. The zero-order valence-corrected chi connectivity index (χ0v) is 11.0. The molecule has 0 heterocycles. The number of carbonyl (C=O) groups excluding carboxylic acids is 1. The molecule has 0 saturated carbocycles. The van der Waals surface area contributed by atoms with Gasteiger partial charge >= 0.3 is 5.97 Å². The Balaban J connectivity index is 3.05. The molecule has 18 heavy (non-hydrogen) atoms. The molecule has 0 aliphatic carbocycles. The Bertz CT molecular complexity index is 483. The molecule has 1 amide bonds. The maximum Gasteiger partial charge on any atom is 0.336 e. The highest BCUT2D eigenvalue weighted by Crippen LogP contribution is 2.20. The summed E-state index contributed by atoms with van der Waals surface area (Å²) in [7, 11) is 1.69. The Morgan fingerprint density at radius 3 is 2.39 bits per heavy atom. The molecule has 1 aromatic carbocycles. The number of rotatable bonds is 4. The average Bonchev–Trinajstić information content (AvgIpc) is 2.31. The highest BCUT2D eigenvalue weighted by molar-refractivity contribution is 5.97. The van der Waals surface area contributed by atoms with E-state index in [1.807, 2.05) is 6.92 Å². The van der Waals surface area contributed by atoms with Gasteiger partial charge in [-0.25, -0.2) is 4.79 Å². The van der Waals surface area contributed by atoms with Crippen molar-refractivity contribution in [1.82, 2.24) is 5.32 Å². The third-order valence-corrected chi connectivity index (χ3v) is 2.99. The second-order valence-electron chi connectivity index (χ2n) is 4.27. The van der Waals surface area contributed by atoms with E-state index in [0.717, 1.165) is 5.56 Å². The first-order valence-electron chi connectivity index (χ1n) is 5.69. The fraction of sp³-hybridized carbons (Fsp3) is 0.385. The van der Waals surface area contributed by atoms with Gasteiger partial charge in [-0.05, 0) is 51.1 Å². The van der Waals surface area contributed by atoms with Crippen LogP contribution < -0.4 is 10.6 Å². The molecule has 0 aliphatic rings. The van der Waals surface area contributed by atoms with E-state index in [4.69, 9.17) is 5.11 Å². The number of amides is 1. The largest absolute Gasteiger partial charge is 0.478 e. The van der Waals surface area contributed by atoms with E-state index in [-0.39, 0.29) is 17.5 Å². The number of hydrogen-bond acceptors (Lipinski definition) is 3. The number of nitrogens with one attached hydrogen (secondary N) is 2. The molecule has 1 rings (SSSR count). The summed E-state index contributed by atoms with van der Waals surface area (Å²) in [5.74, 6) is -1.19. The molecule has 1 unspecified atom stereocenters. The van der Waals surface area contributed by atoms with Gasteiger partial charge < -0.3 is 15.7 Å². The van der Waals surface area contributed by atoms with Gasteiger partial charge in [0.15, 0.2) is 0 Å². The van der Waals surface area contributed by atoms with E-state index in [9.17, 15) is 9.59 Å². The van der Waals surface area contributed by atoms with Gasteiger partial charge in [-0.1, -0.05) is 0 Å². The van der Waals surface area contributed by atoms with Gasteiger partial charge in [0.25, 0.3) is 0 Å². The van der Waals surface area contributed by atoms with E-state index >= 15 is 0 Å². The van der Waals surface area contributed by atoms with E-state index in [0.29, 0.717) is 11.3 Å². The Hall–Kier alpha value is -1.88. The Labute approximate surface area is 106 Å². The highest BCUT2D eigenvalue weighted by atomic mass is 16.4. The minimum atomic E-state index is -0.992. The molecule has 0 saturated heterocycles. The number of aryl methyl sites for hydroxylation is 1. The smallest absolute Gasteiger partial charge is 0.336 e. The van der Waals surface area contributed by atoms with Gasteiger partial charge in [0.05, 0.1) is 11.6 Å². The summed E-state index contributed by atoms with van der Waals surface area (Å²) in [4.78, 5) is 22.8. The number of carboxylic acid groups (broad SMARTS) is 1. The summed E-state index contributed by atoms with van der Waals surface area (Å²) in [6.45, 7) is 5.30. The minimum Gasteiger partial charge on any atom is -0.478 e. The van der Waals surface area contributed by atoms with Crippen molar-refractivity contribution in [3.05, 3.63) is 28.8 Å². The molecule has 5 heteroatoms. The predicted molar refractivity (Wildman–Crippen MR) is 70.0 cm³/mol. The van der Waals surface area contributed by atoms with Crippen LogP contribution in [0, 0.1) is 13.8 Å². The first-order chi connectivity index (χ1) is 8.36. The van der Waals surface area contributed by atoms with Crippen molar-refractivity contribution in [2.45, 2.75) is 26.8 Å². The molecule has 0 spiro atoms. The fourth-order valence-electron chi connectivity index (χ4n) is 1.54. The lowest BCUT2D eigenvalue weighted by molar-refractivity contribution is -0.117. The number of benzene rings is 1. The maximum absolute atomic E-state index is 11.7. The van der Waals surface area contributed by atoms with Gasteiger partial charge in [-0.3, -0.25) is 4.79 Å². The highest BCUT2D eigenvalue weighted by Gasteiger charge is 2.14.